The number of amides is 2. The van der Waals surface area contributed by atoms with Crippen molar-refractivity contribution in [2.75, 3.05) is 25.6 Å². The van der Waals surface area contributed by atoms with Crippen LogP contribution in [0.4, 0.5) is 10.1 Å². The zero-order valence-electron chi connectivity index (χ0n) is 15.9. The van der Waals surface area contributed by atoms with Crippen LogP contribution in [0.15, 0.2) is 36.4 Å². The number of halogens is 1. The van der Waals surface area contributed by atoms with Crippen molar-refractivity contribution in [3.05, 3.63) is 58.9 Å². The van der Waals surface area contributed by atoms with Crippen LogP contribution in [0.25, 0.3) is 0 Å². The summed E-state index contributed by atoms with van der Waals surface area (Å²) >= 11 is 0. The summed E-state index contributed by atoms with van der Waals surface area (Å²) < 4.78 is 24.7. The summed E-state index contributed by atoms with van der Waals surface area (Å²) in [4.78, 5) is 24.9. The van der Waals surface area contributed by atoms with Crippen molar-refractivity contribution in [2.24, 2.45) is 0 Å². The van der Waals surface area contributed by atoms with Gasteiger partial charge in [0.25, 0.3) is 11.8 Å². The lowest BCUT2D eigenvalue weighted by Gasteiger charge is -2.13. The summed E-state index contributed by atoms with van der Waals surface area (Å²) in [6.07, 6.45) is 1.86. The highest BCUT2D eigenvalue weighted by atomic mass is 19.1. The van der Waals surface area contributed by atoms with Crippen molar-refractivity contribution >= 4 is 17.5 Å². The van der Waals surface area contributed by atoms with Crippen molar-refractivity contribution in [1.29, 1.82) is 0 Å². The second kappa shape index (κ2) is 8.84. The van der Waals surface area contributed by atoms with Gasteiger partial charge in [0.2, 0.25) is 0 Å². The monoisotopic (exact) mass is 386 g/mol. The molecule has 1 fully saturated rings. The zero-order valence-corrected chi connectivity index (χ0v) is 15.9. The van der Waals surface area contributed by atoms with Crippen LogP contribution in [0.2, 0.25) is 0 Å². The summed E-state index contributed by atoms with van der Waals surface area (Å²) in [5.41, 5.74) is 1.42. The van der Waals surface area contributed by atoms with E-state index < -0.39 is 17.6 Å². The summed E-state index contributed by atoms with van der Waals surface area (Å²) in [5.74, 6) is -0.848. The maximum Gasteiger partial charge on any atom is 0.256 e. The minimum atomic E-state index is -0.609. The first-order valence-electron chi connectivity index (χ1n) is 9.13. The van der Waals surface area contributed by atoms with Gasteiger partial charge in [0.1, 0.15) is 11.6 Å². The number of rotatable bonds is 6. The van der Waals surface area contributed by atoms with Gasteiger partial charge in [0.15, 0.2) is 0 Å². The maximum absolute atomic E-state index is 14.0. The molecule has 1 atom stereocenters. The molecule has 2 amide bonds. The molecule has 2 N–H and O–H groups in total. The molecule has 0 radical (unpaired) electrons. The molecule has 0 spiro atoms. The predicted molar refractivity (Wildman–Crippen MR) is 103 cm³/mol. The number of methoxy groups -OCH3 is 1. The van der Waals surface area contributed by atoms with Crippen LogP contribution in [-0.2, 0) is 4.74 Å². The molecule has 148 valence electrons. The van der Waals surface area contributed by atoms with Crippen molar-refractivity contribution in [1.82, 2.24) is 5.32 Å². The Morgan fingerprint density at radius 1 is 1.25 bits per heavy atom. The second-order valence-corrected chi connectivity index (χ2v) is 6.66. The van der Waals surface area contributed by atoms with Gasteiger partial charge >= 0.3 is 0 Å². The lowest BCUT2D eigenvalue weighted by molar-refractivity contribution is 0.0857. The van der Waals surface area contributed by atoms with Gasteiger partial charge in [-0.2, -0.15) is 0 Å². The Morgan fingerprint density at radius 3 is 2.79 bits per heavy atom. The van der Waals surface area contributed by atoms with E-state index in [4.69, 9.17) is 9.47 Å². The third-order valence-electron chi connectivity index (χ3n) is 4.68. The van der Waals surface area contributed by atoms with Crippen molar-refractivity contribution in [3.8, 4) is 5.75 Å². The van der Waals surface area contributed by atoms with E-state index >= 15 is 0 Å². The van der Waals surface area contributed by atoms with E-state index in [0.717, 1.165) is 18.9 Å². The van der Waals surface area contributed by atoms with E-state index in [1.165, 1.54) is 19.2 Å². The Hall–Kier alpha value is -2.93. The average molecular weight is 386 g/mol. The maximum atomic E-state index is 14.0. The molecule has 0 aliphatic carbocycles. The Labute approximate surface area is 163 Å². The smallest absolute Gasteiger partial charge is 0.256 e. The zero-order chi connectivity index (χ0) is 20.1. The molecule has 3 rings (SSSR count). The Morgan fingerprint density at radius 2 is 2.07 bits per heavy atom. The molecule has 28 heavy (non-hydrogen) atoms. The SMILES string of the molecule is COc1cccc(C(=O)Nc2cc(F)cc(C(=O)NCC3CCCO3)c2)c1C. The van der Waals surface area contributed by atoms with Crippen molar-refractivity contribution in [3.63, 3.8) is 0 Å². The molecule has 1 aliphatic rings. The van der Waals surface area contributed by atoms with Gasteiger partial charge in [-0.1, -0.05) is 6.07 Å². The highest BCUT2D eigenvalue weighted by Gasteiger charge is 2.18. The molecule has 0 bridgehead atoms. The highest BCUT2D eigenvalue weighted by molar-refractivity contribution is 6.06. The molecule has 2 aromatic rings. The van der Waals surface area contributed by atoms with Crippen LogP contribution in [-0.4, -0.2) is 38.2 Å². The predicted octanol–water partition coefficient (Wildman–Crippen LogP) is 3.30. The third-order valence-corrected chi connectivity index (χ3v) is 4.68. The van der Waals surface area contributed by atoms with E-state index in [9.17, 15) is 14.0 Å². The largest absolute Gasteiger partial charge is 0.496 e. The molecule has 1 unspecified atom stereocenters. The molecule has 1 aliphatic heterocycles. The van der Waals surface area contributed by atoms with Crippen LogP contribution >= 0.6 is 0 Å². The number of ether oxygens (including phenoxy) is 2. The summed E-state index contributed by atoms with van der Waals surface area (Å²) in [7, 11) is 1.53. The minimum absolute atomic E-state index is 0.00674. The first kappa shape index (κ1) is 19.8. The molecule has 7 heteroatoms. The van der Waals surface area contributed by atoms with Gasteiger partial charge in [-0.05, 0) is 50.1 Å². The van der Waals surface area contributed by atoms with Gasteiger partial charge in [0.05, 0.1) is 13.2 Å². The fraction of sp³-hybridized carbons (Fsp3) is 0.333. The normalized spacial score (nSPS) is 15.9. The van der Waals surface area contributed by atoms with Gasteiger partial charge < -0.3 is 20.1 Å². The molecule has 1 saturated heterocycles. The Balaban J connectivity index is 1.72. The van der Waals surface area contributed by atoms with Crippen LogP contribution in [0.1, 0.15) is 39.1 Å². The molecule has 0 saturated carbocycles. The first-order valence-corrected chi connectivity index (χ1v) is 9.13. The molecular weight excluding hydrogens is 363 g/mol. The highest BCUT2D eigenvalue weighted by Crippen LogP contribution is 2.22. The molecule has 2 aromatic carbocycles. The van der Waals surface area contributed by atoms with Crippen LogP contribution in [0.3, 0.4) is 0 Å². The fourth-order valence-electron chi connectivity index (χ4n) is 3.19. The Bertz CT molecular complexity index is 879. The second-order valence-electron chi connectivity index (χ2n) is 6.66. The fourth-order valence-corrected chi connectivity index (χ4v) is 3.19. The lowest BCUT2D eigenvalue weighted by atomic mass is 10.1. The van der Waals surface area contributed by atoms with Crippen LogP contribution < -0.4 is 15.4 Å². The van der Waals surface area contributed by atoms with Gasteiger partial charge in [-0.3, -0.25) is 9.59 Å². The van der Waals surface area contributed by atoms with E-state index in [1.54, 1.807) is 25.1 Å². The average Bonchev–Trinajstić information content (AvgIpc) is 3.19. The lowest BCUT2D eigenvalue weighted by Crippen LogP contribution is -2.31. The van der Waals surface area contributed by atoms with E-state index in [1.807, 2.05) is 0 Å². The molecule has 0 aromatic heterocycles. The van der Waals surface area contributed by atoms with Crippen molar-refractivity contribution in [2.45, 2.75) is 25.9 Å². The summed E-state index contributed by atoms with van der Waals surface area (Å²) in [6, 6.07) is 8.87. The van der Waals surface area contributed by atoms with Gasteiger partial charge in [0, 0.05) is 35.5 Å². The van der Waals surface area contributed by atoms with E-state index in [2.05, 4.69) is 10.6 Å². The number of carbonyl (C=O) groups excluding carboxylic acids is 2. The summed E-state index contributed by atoms with van der Waals surface area (Å²) in [5, 5.41) is 5.39. The number of anilines is 1. The number of hydrogen-bond donors (Lipinski definition) is 2. The number of nitrogens with one attached hydrogen (secondary N) is 2. The third kappa shape index (κ3) is 4.67. The Kier molecular flexibility index (Phi) is 6.26. The molecular formula is C21H23FN2O4. The van der Waals surface area contributed by atoms with E-state index in [0.29, 0.717) is 30.0 Å². The summed E-state index contributed by atoms with van der Waals surface area (Å²) in [6.45, 7) is 2.84. The quantitative estimate of drug-likeness (QED) is 0.799. The minimum Gasteiger partial charge on any atom is -0.496 e. The number of carbonyl (C=O) groups is 2. The van der Waals surface area contributed by atoms with E-state index in [-0.39, 0.29) is 17.4 Å². The standard InChI is InChI=1S/C21H23FN2O4/c1-13-18(6-3-7-19(13)27-2)21(26)24-16-10-14(9-15(22)11-16)20(25)23-12-17-5-4-8-28-17/h3,6-7,9-11,17H,4-5,8,12H2,1-2H3,(H,23,25)(H,24,26). The number of hydrogen-bond acceptors (Lipinski definition) is 4. The van der Waals surface area contributed by atoms with Gasteiger partial charge in [-0.15, -0.1) is 0 Å². The first-order chi connectivity index (χ1) is 13.5. The van der Waals surface area contributed by atoms with Crippen molar-refractivity contribution < 1.29 is 23.5 Å². The molecule has 1 heterocycles. The van der Waals surface area contributed by atoms with Crippen LogP contribution in [0.5, 0.6) is 5.75 Å². The van der Waals surface area contributed by atoms with Gasteiger partial charge in [-0.25, -0.2) is 4.39 Å². The topological polar surface area (TPSA) is 76.7 Å². The molecule has 6 nitrogen and oxygen atoms in total. The number of benzene rings is 2. The van der Waals surface area contributed by atoms with Crippen LogP contribution in [0, 0.1) is 12.7 Å².